The Morgan fingerprint density at radius 1 is 0.920 bits per heavy atom. The first-order chi connectivity index (χ1) is 12.0. The van der Waals surface area contributed by atoms with E-state index in [4.69, 9.17) is 11.0 Å². The van der Waals surface area contributed by atoms with Crippen LogP contribution in [0.4, 0.5) is 5.69 Å². The molecular formula is C22H19N2O+. The van der Waals surface area contributed by atoms with Gasteiger partial charge in [-0.25, -0.2) is 9.41 Å². The van der Waals surface area contributed by atoms with Crippen LogP contribution in [0.5, 0.6) is 0 Å². The van der Waals surface area contributed by atoms with E-state index >= 15 is 0 Å². The highest BCUT2D eigenvalue weighted by Gasteiger charge is 2.21. The van der Waals surface area contributed by atoms with Gasteiger partial charge in [-0.1, -0.05) is 18.2 Å². The lowest BCUT2D eigenvalue weighted by Crippen LogP contribution is -2.31. The smallest absolute Gasteiger partial charge is 0.213 e. The molecule has 0 radical (unpaired) electrons. The molecule has 2 heterocycles. The normalized spacial score (nSPS) is 11.2. The maximum atomic E-state index is 7.22. The Hall–Kier alpha value is -3.12. The molecule has 2 aromatic heterocycles. The molecule has 0 amide bonds. The summed E-state index contributed by atoms with van der Waals surface area (Å²) in [5.74, 6) is 0. The predicted molar refractivity (Wildman–Crippen MR) is 101 cm³/mol. The van der Waals surface area contributed by atoms with Gasteiger partial charge in [-0.3, -0.25) is 0 Å². The first-order valence-corrected chi connectivity index (χ1v) is 8.30. The highest BCUT2D eigenvalue weighted by molar-refractivity contribution is 6.13. The number of pyridine rings is 1. The third-order valence-electron chi connectivity index (χ3n) is 4.96. The number of fused-ring (bicyclic) bond motifs is 3. The molecule has 0 saturated carbocycles. The number of furan rings is 1. The average molecular weight is 327 g/mol. The molecule has 0 bridgehead atoms. The van der Waals surface area contributed by atoms with E-state index in [9.17, 15) is 0 Å². The molecule has 4 aromatic rings. The third kappa shape index (κ3) is 2.30. The van der Waals surface area contributed by atoms with E-state index in [2.05, 4.69) is 55.6 Å². The second-order valence-electron chi connectivity index (χ2n) is 6.66. The van der Waals surface area contributed by atoms with Crippen molar-refractivity contribution >= 4 is 27.6 Å². The van der Waals surface area contributed by atoms with Crippen LogP contribution < -0.4 is 4.57 Å². The predicted octanol–water partition coefficient (Wildman–Crippen LogP) is 5.55. The standard InChI is InChI=1S/C22H19N2O/c1-13-6-9-19-22(17-8-7-16(23-4)11-20(17)25-19)21(13)18-10-14(2)15(3)12-24(18)5/h6-12H,1-3,5H3/q+1. The van der Waals surface area contributed by atoms with Crippen LogP contribution in [-0.2, 0) is 7.05 Å². The molecule has 4 rings (SSSR count). The lowest BCUT2D eigenvalue weighted by atomic mass is 9.96. The highest BCUT2D eigenvalue weighted by atomic mass is 16.3. The molecule has 0 aliphatic carbocycles. The largest absolute Gasteiger partial charge is 0.457 e. The van der Waals surface area contributed by atoms with Gasteiger partial charge in [0.2, 0.25) is 5.69 Å². The van der Waals surface area contributed by atoms with Crippen molar-refractivity contribution < 1.29 is 8.98 Å². The molecule has 25 heavy (non-hydrogen) atoms. The minimum absolute atomic E-state index is 0.599. The minimum Gasteiger partial charge on any atom is -0.457 e. The van der Waals surface area contributed by atoms with E-state index in [1.165, 1.54) is 27.9 Å². The van der Waals surface area contributed by atoms with Crippen LogP contribution in [0, 0.1) is 27.3 Å². The topological polar surface area (TPSA) is 21.4 Å². The van der Waals surface area contributed by atoms with Gasteiger partial charge in [-0.2, -0.15) is 0 Å². The van der Waals surface area contributed by atoms with E-state index in [-0.39, 0.29) is 0 Å². The lowest BCUT2D eigenvalue weighted by molar-refractivity contribution is -0.660. The van der Waals surface area contributed by atoms with E-state index < -0.39 is 0 Å². The van der Waals surface area contributed by atoms with Gasteiger partial charge in [0.1, 0.15) is 18.2 Å². The Balaban J connectivity index is 2.15. The van der Waals surface area contributed by atoms with Gasteiger partial charge in [-0.15, -0.1) is 0 Å². The van der Waals surface area contributed by atoms with Crippen molar-refractivity contribution in [1.82, 2.24) is 0 Å². The van der Waals surface area contributed by atoms with Crippen molar-refractivity contribution in [3.8, 4) is 11.3 Å². The highest BCUT2D eigenvalue weighted by Crippen LogP contribution is 2.39. The molecule has 0 spiro atoms. The molecule has 0 fully saturated rings. The summed E-state index contributed by atoms with van der Waals surface area (Å²) in [6, 6.07) is 12.0. The maximum absolute atomic E-state index is 7.22. The van der Waals surface area contributed by atoms with Crippen molar-refractivity contribution in [3.63, 3.8) is 0 Å². The first kappa shape index (κ1) is 15.4. The van der Waals surface area contributed by atoms with Crippen LogP contribution >= 0.6 is 0 Å². The summed E-state index contributed by atoms with van der Waals surface area (Å²) >= 11 is 0. The number of nitrogens with zero attached hydrogens (tertiary/aromatic N) is 2. The molecule has 0 atom stereocenters. The summed E-state index contributed by atoms with van der Waals surface area (Å²) in [6.45, 7) is 13.6. The van der Waals surface area contributed by atoms with Gasteiger partial charge < -0.3 is 4.42 Å². The van der Waals surface area contributed by atoms with Crippen LogP contribution in [-0.4, -0.2) is 0 Å². The monoisotopic (exact) mass is 327 g/mol. The van der Waals surface area contributed by atoms with Crippen LogP contribution in [0.15, 0.2) is 47.0 Å². The molecule has 0 unspecified atom stereocenters. The fourth-order valence-electron chi connectivity index (χ4n) is 3.49. The zero-order valence-corrected chi connectivity index (χ0v) is 14.8. The number of rotatable bonds is 1. The van der Waals surface area contributed by atoms with Crippen molar-refractivity contribution in [2.75, 3.05) is 0 Å². The second-order valence-corrected chi connectivity index (χ2v) is 6.66. The molecule has 2 aromatic carbocycles. The van der Waals surface area contributed by atoms with Crippen LogP contribution in [0.25, 0.3) is 38.0 Å². The molecule has 3 heteroatoms. The molecule has 0 saturated heterocycles. The van der Waals surface area contributed by atoms with Crippen LogP contribution in [0.3, 0.4) is 0 Å². The quantitative estimate of drug-likeness (QED) is 0.331. The van der Waals surface area contributed by atoms with E-state index in [0.29, 0.717) is 5.69 Å². The van der Waals surface area contributed by atoms with E-state index in [0.717, 1.165) is 21.9 Å². The van der Waals surface area contributed by atoms with Crippen LogP contribution in [0.2, 0.25) is 0 Å². The number of aryl methyl sites for hydroxylation is 4. The minimum atomic E-state index is 0.599. The molecular weight excluding hydrogens is 308 g/mol. The Morgan fingerprint density at radius 3 is 2.48 bits per heavy atom. The van der Waals surface area contributed by atoms with Crippen molar-refractivity contribution in [2.24, 2.45) is 7.05 Å². The molecule has 0 N–H and O–H groups in total. The Bertz CT molecular complexity index is 1190. The van der Waals surface area contributed by atoms with E-state index in [1.807, 2.05) is 24.3 Å². The van der Waals surface area contributed by atoms with Crippen molar-refractivity contribution in [3.05, 3.63) is 70.7 Å². The first-order valence-electron chi connectivity index (χ1n) is 8.30. The summed E-state index contributed by atoms with van der Waals surface area (Å²) in [6.07, 6.45) is 2.17. The zero-order valence-electron chi connectivity index (χ0n) is 14.8. The third-order valence-corrected chi connectivity index (χ3v) is 4.96. The van der Waals surface area contributed by atoms with Gasteiger partial charge in [0.25, 0.3) is 0 Å². The molecule has 3 nitrogen and oxygen atoms in total. The Labute approximate surface area is 147 Å². The average Bonchev–Trinajstić information content (AvgIpc) is 2.96. The number of hydrogen-bond donors (Lipinski definition) is 0. The van der Waals surface area contributed by atoms with Gasteiger partial charge in [0.15, 0.2) is 11.9 Å². The summed E-state index contributed by atoms with van der Waals surface area (Å²) < 4.78 is 8.23. The molecule has 0 aliphatic rings. The zero-order chi connectivity index (χ0) is 17.7. The van der Waals surface area contributed by atoms with Crippen molar-refractivity contribution in [1.29, 1.82) is 0 Å². The summed E-state index contributed by atoms with van der Waals surface area (Å²) in [5.41, 5.74) is 8.34. The molecule has 0 aliphatic heterocycles. The maximum Gasteiger partial charge on any atom is 0.213 e. The summed E-state index contributed by atoms with van der Waals surface area (Å²) in [5, 5.41) is 2.17. The van der Waals surface area contributed by atoms with Crippen LogP contribution in [0.1, 0.15) is 16.7 Å². The Kier molecular flexibility index (Phi) is 3.36. The van der Waals surface area contributed by atoms with Gasteiger partial charge in [-0.05, 0) is 44.0 Å². The summed E-state index contributed by atoms with van der Waals surface area (Å²) in [4.78, 5) is 3.51. The SMILES string of the molecule is [C-]#[N+]c1ccc2c(c1)oc1ccc(C)c(-c3cc(C)c(C)c[n+]3C)c12. The fraction of sp³-hybridized carbons (Fsp3) is 0.182. The number of benzene rings is 2. The fourth-order valence-corrected chi connectivity index (χ4v) is 3.49. The van der Waals surface area contributed by atoms with Gasteiger partial charge >= 0.3 is 0 Å². The van der Waals surface area contributed by atoms with Gasteiger partial charge in [0, 0.05) is 22.4 Å². The molecule has 122 valence electrons. The number of hydrogen-bond acceptors (Lipinski definition) is 1. The number of aromatic nitrogens is 1. The second kappa shape index (κ2) is 5.46. The van der Waals surface area contributed by atoms with Gasteiger partial charge in [0.05, 0.1) is 12.1 Å². The lowest BCUT2D eigenvalue weighted by Gasteiger charge is -2.08. The van der Waals surface area contributed by atoms with E-state index in [1.54, 1.807) is 0 Å². The van der Waals surface area contributed by atoms with Crippen molar-refractivity contribution in [2.45, 2.75) is 20.8 Å². The summed E-state index contributed by atoms with van der Waals surface area (Å²) in [7, 11) is 2.08. The Morgan fingerprint density at radius 2 is 1.72 bits per heavy atom.